The molecule has 0 bridgehead atoms. The number of rotatable bonds is 3. The van der Waals surface area contributed by atoms with Crippen LogP contribution in [0.1, 0.15) is 61.8 Å². The number of nitrogens with zero attached hydrogens (tertiary/aromatic N) is 3. The van der Waals surface area contributed by atoms with Gasteiger partial charge in [-0.05, 0) is 13.8 Å². The van der Waals surface area contributed by atoms with Gasteiger partial charge in [0.05, 0.1) is 0 Å². The van der Waals surface area contributed by atoms with Crippen LogP contribution in [0.15, 0.2) is 15.1 Å². The van der Waals surface area contributed by atoms with Gasteiger partial charge in [-0.1, -0.05) is 31.1 Å². The van der Waals surface area contributed by atoms with Gasteiger partial charge in [-0.2, -0.15) is 4.98 Å². The van der Waals surface area contributed by atoms with Crippen LogP contribution in [-0.2, 0) is 10.2 Å². The maximum atomic E-state index is 11.9. The van der Waals surface area contributed by atoms with E-state index in [4.69, 9.17) is 13.8 Å². The molecular weight excluding hydrogens is 262 g/mol. The molecule has 2 aromatic rings. The average molecular weight is 279 g/mol. The summed E-state index contributed by atoms with van der Waals surface area (Å²) in [5, 5.41) is 7.36. The van der Waals surface area contributed by atoms with Crippen molar-refractivity contribution in [3.05, 3.63) is 29.2 Å². The van der Waals surface area contributed by atoms with E-state index in [0.717, 1.165) is 0 Å². The van der Waals surface area contributed by atoms with Crippen LogP contribution in [0.25, 0.3) is 0 Å². The Morgan fingerprint density at radius 1 is 1.30 bits per heavy atom. The third-order valence-corrected chi connectivity index (χ3v) is 2.63. The third kappa shape index (κ3) is 3.04. The summed E-state index contributed by atoms with van der Waals surface area (Å²) in [7, 11) is 0. The SMILES string of the molecule is Cc1noc([C@H](C)OC(=O)c2cc(C(C)(C)C)on2)n1. The van der Waals surface area contributed by atoms with Crippen LogP contribution >= 0.6 is 0 Å². The summed E-state index contributed by atoms with van der Waals surface area (Å²) in [5.41, 5.74) is -0.0983. The first-order chi connectivity index (χ1) is 9.27. The molecule has 0 N–H and O–H groups in total. The molecule has 7 nitrogen and oxygen atoms in total. The minimum absolute atomic E-state index is 0.123. The van der Waals surface area contributed by atoms with Gasteiger partial charge in [0.15, 0.2) is 17.6 Å². The van der Waals surface area contributed by atoms with Crippen molar-refractivity contribution in [3.63, 3.8) is 0 Å². The first-order valence-corrected chi connectivity index (χ1v) is 6.26. The maximum absolute atomic E-state index is 11.9. The molecule has 0 saturated heterocycles. The molecule has 0 saturated carbocycles. The van der Waals surface area contributed by atoms with E-state index in [1.807, 2.05) is 20.8 Å². The second-order valence-electron chi connectivity index (χ2n) is 5.55. The minimum Gasteiger partial charge on any atom is -0.448 e. The molecule has 0 fully saturated rings. The van der Waals surface area contributed by atoms with Gasteiger partial charge >= 0.3 is 5.97 Å². The smallest absolute Gasteiger partial charge is 0.361 e. The molecule has 2 aromatic heterocycles. The molecule has 0 amide bonds. The Morgan fingerprint density at radius 3 is 2.50 bits per heavy atom. The number of aromatic nitrogens is 3. The predicted octanol–water partition coefficient (Wildman–Crippen LogP) is 2.58. The molecule has 0 aromatic carbocycles. The van der Waals surface area contributed by atoms with Crippen LogP contribution < -0.4 is 0 Å². The van der Waals surface area contributed by atoms with Crippen LogP contribution in [-0.4, -0.2) is 21.3 Å². The van der Waals surface area contributed by atoms with Crippen molar-refractivity contribution in [2.45, 2.75) is 46.1 Å². The summed E-state index contributed by atoms with van der Waals surface area (Å²) in [4.78, 5) is 15.9. The Balaban J connectivity index is 2.07. The molecule has 0 aliphatic rings. The van der Waals surface area contributed by atoms with E-state index in [1.165, 1.54) is 0 Å². The average Bonchev–Trinajstić information content (AvgIpc) is 2.95. The Morgan fingerprint density at radius 2 is 2.00 bits per heavy atom. The molecule has 2 rings (SSSR count). The molecule has 0 spiro atoms. The van der Waals surface area contributed by atoms with Gasteiger partial charge in [-0.15, -0.1) is 0 Å². The van der Waals surface area contributed by atoms with Crippen molar-refractivity contribution < 1.29 is 18.6 Å². The Bertz CT molecular complexity index is 609. The number of carbonyl (C=O) groups excluding carboxylic acids is 1. The zero-order valence-electron chi connectivity index (χ0n) is 12.1. The van der Waals surface area contributed by atoms with Gasteiger partial charge < -0.3 is 13.8 Å². The van der Waals surface area contributed by atoms with Crippen molar-refractivity contribution in [1.82, 2.24) is 15.3 Å². The third-order valence-electron chi connectivity index (χ3n) is 2.63. The summed E-state index contributed by atoms with van der Waals surface area (Å²) in [6.45, 7) is 9.23. The molecule has 0 aliphatic carbocycles. The summed E-state index contributed by atoms with van der Waals surface area (Å²) in [6.07, 6.45) is -0.640. The first kappa shape index (κ1) is 14.2. The standard InChI is InChI=1S/C13H17N3O4/c1-7(11-14-8(2)15-20-11)18-12(17)9-6-10(19-16-9)13(3,4)5/h6-7H,1-5H3/t7-/m0/s1. The van der Waals surface area contributed by atoms with E-state index in [2.05, 4.69) is 15.3 Å². The summed E-state index contributed by atoms with van der Waals surface area (Å²) < 4.78 is 15.3. The number of hydrogen-bond donors (Lipinski definition) is 0. The van der Waals surface area contributed by atoms with E-state index >= 15 is 0 Å². The van der Waals surface area contributed by atoms with Crippen molar-refractivity contribution in [3.8, 4) is 0 Å². The van der Waals surface area contributed by atoms with E-state index in [-0.39, 0.29) is 17.0 Å². The molecule has 1 atom stereocenters. The van der Waals surface area contributed by atoms with Gasteiger partial charge in [0.2, 0.25) is 0 Å². The van der Waals surface area contributed by atoms with Gasteiger partial charge in [0.25, 0.3) is 5.89 Å². The molecule has 0 radical (unpaired) electrons. The lowest BCUT2D eigenvalue weighted by Gasteiger charge is -2.12. The topological polar surface area (TPSA) is 91.2 Å². The van der Waals surface area contributed by atoms with Crippen LogP contribution in [0.4, 0.5) is 0 Å². The van der Waals surface area contributed by atoms with E-state index < -0.39 is 12.1 Å². The lowest BCUT2D eigenvalue weighted by Crippen LogP contribution is -2.11. The Kier molecular flexibility index (Phi) is 3.61. The van der Waals surface area contributed by atoms with Gasteiger partial charge in [-0.25, -0.2) is 4.79 Å². The largest absolute Gasteiger partial charge is 0.448 e. The van der Waals surface area contributed by atoms with E-state index in [1.54, 1.807) is 19.9 Å². The normalized spacial score (nSPS) is 13.2. The van der Waals surface area contributed by atoms with Crippen molar-refractivity contribution in [2.24, 2.45) is 0 Å². The van der Waals surface area contributed by atoms with Crippen LogP contribution in [0.2, 0.25) is 0 Å². The highest BCUT2D eigenvalue weighted by Crippen LogP contribution is 2.24. The minimum atomic E-state index is -0.640. The van der Waals surface area contributed by atoms with Crippen molar-refractivity contribution in [1.29, 1.82) is 0 Å². The highest BCUT2D eigenvalue weighted by Gasteiger charge is 2.25. The second kappa shape index (κ2) is 5.07. The monoisotopic (exact) mass is 279 g/mol. The molecule has 108 valence electrons. The quantitative estimate of drug-likeness (QED) is 0.797. The summed E-state index contributed by atoms with van der Waals surface area (Å²) in [5.74, 6) is 0.757. The number of ether oxygens (including phenoxy) is 1. The number of hydrogen-bond acceptors (Lipinski definition) is 7. The number of esters is 1. The highest BCUT2D eigenvalue weighted by atomic mass is 16.6. The Labute approximate surface area is 116 Å². The van der Waals surface area contributed by atoms with E-state index in [0.29, 0.717) is 11.6 Å². The van der Waals surface area contributed by atoms with E-state index in [9.17, 15) is 4.79 Å². The van der Waals surface area contributed by atoms with Crippen LogP contribution in [0, 0.1) is 6.92 Å². The van der Waals surface area contributed by atoms with Crippen molar-refractivity contribution >= 4 is 5.97 Å². The van der Waals surface area contributed by atoms with Crippen molar-refractivity contribution in [2.75, 3.05) is 0 Å². The first-order valence-electron chi connectivity index (χ1n) is 6.26. The van der Waals surface area contributed by atoms with Gasteiger partial charge in [-0.3, -0.25) is 0 Å². The molecular formula is C13H17N3O4. The van der Waals surface area contributed by atoms with Gasteiger partial charge in [0.1, 0.15) is 5.76 Å². The second-order valence-corrected chi connectivity index (χ2v) is 5.55. The summed E-state index contributed by atoms with van der Waals surface area (Å²) in [6, 6.07) is 1.58. The molecule has 0 aliphatic heterocycles. The lowest BCUT2D eigenvalue weighted by molar-refractivity contribution is 0.0254. The predicted molar refractivity (Wildman–Crippen MR) is 68.1 cm³/mol. The zero-order valence-corrected chi connectivity index (χ0v) is 12.1. The number of aryl methyl sites for hydroxylation is 1. The molecule has 7 heteroatoms. The molecule has 2 heterocycles. The maximum Gasteiger partial charge on any atom is 0.361 e. The highest BCUT2D eigenvalue weighted by molar-refractivity contribution is 5.87. The van der Waals surface area contributed by atoms with Crippen LogP contribution in [0.3, 0.4) is 0 Å². The fourth-order valence-electron chi connectivity index (χ4n) is 1.47. The fourth-order valence-corrected chi connectivity index (χ4v) is 1.47. The van der Waals surface area contributed by atoms with Crippen LogP contribution in [0.5, 0.6) is 0 Å². The summed E-state index contributed by atoms with van der Waals surface area (Å²) >= 11 is 0. The fraction of sp³-hybridized carbons (Fsp3) is 0.538. The lowest BCUT2D eigenvalue weighted by atomic mass is 9.93. The van der Waals surface area contributed by atoms with Gasteiger partial charge in [0, 0.05) is 11.5 Å². The molecule has 20 heavy (non-hydrogen) atoms. The zero-order chi connectivity index (χ0) is 14.9. The number of carbonyl (C=O) groups is 1. The molecule has 0 unspecified atom stereocenters. The Hall–Kier alpha value is -2.18.